The van der Waals surface area contributed by atoms with Crippen LogP contribution in [0.4, 0.5) is 0 Å². The summed E-state index contributed by atoms with van der Waals surface area (Å²) < 4.78 is 0. The molecule has 0 bridgehead atoms. The first kappa shape index (κ1) is 12.9. The highest BCUT2D eigenvalue weighted by atomic mass is 32.1. The van der Waals surface area contributed by atoms with Crippen molar-refractivity contribution in [1.82, 2.24) is 9.88 Å². The summed E-state index contributed by atoms with van der Waals surface area (Å²) in [5.74, 6) is 0.0583. The van der Waals surface area contributed by atoms with Gasteiger partial charge in [0.05, 0.1) is 6.54 Å². The van der Waals surface area contributed by atoms with Gasteiger partial charge in [0, 0.05) is 34.6 Å². The largest absolute Gasteiger partial charge is 0.361 e. The van der Waals surface area contributed by atoms with E-state index >= 15 is 0 Å². The van der Waals surface area contributed by atoms with E-state index in [1.165, 1.54) is 10.4 Å². The average Bonchev–Trinajstić information content (AvgIpc) is 3.07. The van der Waals surface area contributed by atoms with Crippen molar-refractivity contribution < 1.29 is 4.79 Å². The first-order valence-electron chi connectivity index (χ1n) is 6.51. The number of rotatable bonds is 3. The number of benzene rings is 1. The number of carbonyl (C=O) groups is 1. The van der Waals surface area contributed by atoms with E-state index < -0.39 is 0 Å². The van der Waals surface area contributed by atoms with Gasteiger partial charge in [0.1, 0.15) is 0 Å². The molecule has 0 fully saturated rings. The molecule has 4 heteroatoms. The van der Waals surface area contributed by atoms with Crippen LogP contribution in [0, 0.1) is 6.92 Å². The molecule has 102 valence electrons. The molecule has 1 N–H and O–H groups in total. The lowest BCUT2D eigenvalue weighted by atomic mass is 10.1. The molecule has 3 rings (SSSR count). The van der Waals surface area contributed by atoms with E-state index in [0.717, 1.165) is 16.5 Å². The summed E-state index contributed by atoms with van der Waals surface area (Å²) in [5, 5.41) is 3.04. The molecule has 1 aromatic carbocycles. The molecule has 2 heterocycles. The van der Waals surface area contributed by atoms with Crippen LogP contribution >= 0.6 is 11.3 Å². The van der Waals surface area contributed by atoms with Gasteiger partial charge >= 0.3 is 0 Å². The zero-order valence-corrected chi connectivity index (χ0v) is 12.3. The highest BCUT2D eigenvalue weighted by molar-refractivity contribution is 7.10. The quantitative estimate of drug-likeness (QED) is 0.780. The van der Waals surface area contributed by atoms with Crippen LogP contribution in [0.25, 0.3) is 10.9 Å². The molecular formula is C16H16N2OS. The Labute approximate surface area is 121 Å². The van der Waals surface area contributed by atoms with Gasteiger partial charge in [-0.05, 0) is 42.1 Å². The third-order valence-electron chi connectivity index (χ3n) is 3.52. The molecule has 0 unspecified atom stereocenters. The molecule has 0 saturated carbocycles. The maximum atomic E-state index is 12.6. The van der Waals surface area contributed by atoms with E-state index in [9.17, 15) is 4.79 Å². The van der Waals surface area contributed by atoms with E-state index in [2.05, 4.69) is 23.4 Å². The van der Waals surface area contributed by atoms with E-state index in [1.807, 2.05) is 37.5 Å². The van der Waals surface area contributed by atoms with Crippen molar-refractivity contribution in [2.75, 3.05) is 7.05 Å². The van der Waals surface area contributed by atoms with E-state index in [-0.39, 0.29) is 5.91 Å². The maximum absolute atomic E-state index is 12.6. The van der Waals surface area contributed by atoms with Crippen LogP contribution < -0.4 is 0 Å². The molecule has 2 aromatic heterocycles. The zero-order valence-electron chi connectivity index (χ0n) is 11.5. The van der Waals surface area contributed by atoms with Crippen molar-refractivity contribution in [2.45, 2.75) is 13.5 Å². The smallest absolute Gasteiger partial charge is 0.254 e. The average molecular weight is 284 g/mol. The highest BCUT2D eigenvalue weighted by Gasteiger charge is 2.16. The van der Waals surface area contributed by atoms with E-state index in [1.54, 1.807) is 16.2 Å². The van der Waals surface area contributed by atoms with Crippen molar-refractivity contribution >= 4 is 28.1 Å². The monoisotopic (exact) mass is 284 g/mol. The Morgan fingerprint density at radius 3 is 2.90 bits per heavy atom. The summed E-state index contributed by atoms with van der Waals surface area (Å²) in [4.78, 5) is 18.8. The van der Waals surface area contributed by atoms with Crippen molar-refractivity contribution in [3.05, 3.63) is 57.9 Å². The summed E-state index contributed by atoms with van der Waals surface area (Å²) >= 11 is 1.70. The molecule has 0 radical (unpaired) electrons. The minimum absolute atomic E-state index is 0.0583. The van der Waals surface area contributed by atoms with Crippen LogP contribution in [-0.4, -0.2) is 22.8 Å². The Balaban J connectivity index is 1.88. The first-order valence-corrected chi connectivity index (χ1v) is 7.39. The lowest BCUT2D eigenvalue weighted by Gasteiger charge is -2.17. The third kappa shape index (κ3) is 2.23. The second-order valence-electron chi connectivity index (χ2n) is 4.93. The van der Waals surface area contributed by atoms with Gasteiger partial charge in [0.2, 0.25) is 0 Å². The predicted molar refractivity (Wildman–Crippen MR) is 83.2 cm³/mol. The minimum atomic E-state index is 0.0583. The summed E-state index contributed by atoms with van der Waals surface area (Å²) in [7, 11) is 1.85. The number of H-pyrrole nitrogens is 1. The number of fused-ring (bicyclic) bond motifs is 1. The normalized spacial score (nSPS) is 10.9. The van der Waals surface area contributed by atoms with Gasteiger partial charge in [-0.3, -0.25) is 4.79 Å². The van der Waals surface area contributed by atoms with Crippen LogP contribution in [0.2, 0.25) is 0 Å². The molecule has 0 aliphatic heterocycles. The molecule has 0 saturated heterocycles. The Kier molecular flexibility index (Phi) is 3.32. The Bertz CT molecular complexity index is 757. The van der Waals surface area contributed by atoms with Crippen molar-refractivity contribution in [2.24, 2.45) is 0 Å². The summed E-state index contributed by atoms with van der Waals surface area (Å²) in [6.07, 6.45) is 1.87. The molecule has 0 aliphatic rings. The summed E-state index contributed by atoms with van der Waals surface area (Å²) in [6.45, 7) is 2.74. The second kappa shape index (κ2) is 5.13. The molecule has 1 amide bonds. The van der Waals surface area contributed by atoms with Gasteiger partial charge in [0.25, 0.3) is 5.91 Å². The SMILES string of the molecule is Cc1ccsc1CN(C)C(=O)c1cccc2[nH]ccc12. The van der Waals surface area contributed by atoms with Crippen molar-refractivity contribution in [3.63, 3.8) is 0 Å². The summed E-state index contributed by atoms with van der Waals surface area (Å²) in [6, 6.07) is 9.82. The lowest BCUT2D eigenvalue weighted by molar-refractivity contribution is 0.0788. The van der Waals surface area contributed by atoms with E-state index in [0.29, 0.717) is 6.54 Å². The second-order valence-corrected chi connectivity index (χ2v) is 5.93. The molecule has 0 atom stereocenters. The highest BCUT2D eigenvalue weighted by Crippen LogP contribution is 2.21. The number of thiophene rings is 1. The molecule has 0 spiro atoms. The first-order chi connectivity index (χ1) is 9.66. The number of hydrogen-bond acceptors (Lipinski definition) is 2. The van der Waals surface area contributed by atoms with Crippen LogP contribution in [-0.2, 0) is 6.54 Å². The number of carbonyl (C=O) groups excluding carboxylic acids is 1. The number of aromatic nitrogens is 1. The van der Waals surface area contributed by atoms with Crippen LogP contribution in [0.3, 0.4) is 0 Å². The lowest BCUT2D eigenvalue weighted by Crippen LogP contribution is -2.26. The standard InChI is InChI=1S/C16H16N2OS/c1-11-7-9-20-15(11)10-18(2)16(19)13-4-3-5-14-12(13)6-8-17-14/h3-9,17H,10H2,1-2H3. The van der Waals surface area contributed by atoms with Crippen molar-refractivity contribution in [1.29, 1.82) is 0 Å². The van der Waals surface area contributed by atoms with E-state index in [4.69, 9.17) is 0 Å². The Morgan fingerprint density at radius 2 is 2.15 bits per heavy atom. The fraction of sp³-hybridized carbons (Fsp3) is 0.188. The Hall–Kier alpha value is -2.07. The fourth-order valence-corrected chi connectivity index (χ4v) is 3.29. The number of nitrogens with zero attached hydrogens (tertiary/aromatic N) is 1. The van der Waals surface area contributed by atoms with Gasteiger partial charge in [-0.2, -0.15) is 0 Å². The molecule has 3 nitrogen and oxygen atoms in total. The topological polar surface area (TPSA) is 36.1 Å². The number of aromatic amines is 1. The number of amides is 1. The molecular weight excluding hydrogens is 268 g/mol. The fourth-order valence-electron chi connectivity index (χ4n) is 2.33. The number of hydrogen-bond donors (Lipinski definition) is 1. The molecule has 0 aliphatic carbocycles. The van der Waals surface area contributed by atoms with Crippen LogP contribution in [0.1, 0.15) is 20.8 Å². The molecule has 20 heavy (non-hydrogen) atoms. The zero-order chi connectivity index (χ0) is 14.1. The predicted octanol–water partition coefficient (Wildman–Crippen LogP) is 3.81. The van der Waals surface area contributed by atoms with Gasteiger partial charge in [-0.1, -0.05) is 6.07 Å². The van der Waals surface area contributed by atoms with Crippen LogP contribution in [0.15, 0.2) is 41.9 Å². The maximum Gasteiger partial charge on any atom is 0.254 e. The van der Waals surface area contributed by atoms with Gasteiger partial charge in [-0.15, -0.1) is 11.3 Å². The third-order valence-corrected chi connectivity index (χ3v) is 4.53. The van der Waals surface area contributed by atoms with Gasteiger partial charge < -0.3 is 9.88 Å². The van der Waals surface area contributed by atoms with Gasteiger partial charge in [0.15, 0.2) is 0 Å². The number of aryl methyl sites for hydroxylation is 1. The minimum Gasteiger partial charge on any atom is -0.361 e. The number of nitrogens with one attached hydrogen (secondary N) is 1. The van der Waals surface area contributed by atoms with Crippen LogP contribution in [0.5, 0.6) is 0 Å². The summed E-state index contributed by atoms with van der Waals surface area (Å²) in [5.41, 5.74) is 2.99. The van der Waals surface area contributed by atoms with Crippen molar-refractivity contribution in [3.8, 4) is 0 Å². The van der Waals surface area contributed by atoms with Gasteiger partial charge in [-0.25, -0.2) is 0 Å². The Morgan fingerprint density at radius 1 is 1.30 bits per heavy atom. The molecule has 3 aromatic rings.